The second kappa shape index (κ2) is 6.45. The molecule has 1 aromatic heterocycles. The van der Waals surface area contributed by atoms with E-state index < -0.39 is 10.0 Å². The number of aromatic nitrogens is 2. The Morgan fingerprint density at radius 2 is 1.87 bits per heavy atom. The Hall–Kier alpha value is -1.05. The molecular weight excluding hydrogens is 312 g/mol. The van der Waals surface area contributed by atoms with Crippen molar-refractivity contribution in [3.8, 4) is 0 Å². The van der Waals surface area contributed by atoms with Crippen molar-refractivity contribution in [3.05, 3.63) is 17.8 Å². The molecule has 0 aliphatic carbocycles. The minimum absolute atomic E-state index is 0.0358. The summed E-state index contributed by atoms with van der Waals surface area (Å²) in [7, 11) is -3.58. The molecule has 2 aliphatic heterocycles. The molecule has 3 heterocycles. The maximum Gasteiger partial charge on any atom is 0.262 e. The minimum Gasteiger partial charge on any atom is -0.299 e. The van der Waals surface area contributed by atoms with Crippen molar-refractivity contribution < 1.29 is 8.42 Å². The lowest BCUT2D eigenvalue weighted by atomic mass is 10.0. The Labute approximate surface area is 138 Å². The molecule has 3 rings (SSSR count). The highest BCUT2D eigenvalue weighted by molar-refractivity contribution is 7.89. The molecule has 0 spiro atoms. The number of aryl methyl sites for hydroxylation is 1. The van der Waals surface area contributed by atoms with E-state index in [2.05, 4.69) is 28.9 Å². The molecule has 2 atom stereocenters. The molecule has 2 saturated heterocycles. The SMILES string of the molecule is Cc1ccc(S(=O)(=O)N2CC(N3CCCC3)CC2C(C)C)nn1. The van der Waals surface area contributed by atoms with Gasteiger partial charge in [0, 0.05) is 18.6 Å². The molecule has 6 nitrogen and oxygen atoms in total. The van der Waals surface area contributed by atoms with Gasteiger partial charge in [-0.05, 0) is 57.3 Å². The number of nitrogens with zero attached hydrogens (tertiary/aromatic N) is 4. The molecule has 0 amide bonds. The van der Waals surface area contributed by atoms with Crippen LogP contribution >= 0.6 is 0 Å². The first-order valence-electron chi connectivity index (χ1n) is 8.46. The van der Waals surface area contributed by atoms with Gasteiger partial charge in [0.25, 0.3) is 10.0 Å². The van der Waals surface area contributed by atoms with E-state index in [1.165, 1.54) is 12.8 Å². The van der Waals surface area contributed by atoms with Gasteiger partial charge in [-0.2, -0.15) is 9.40 Å². The Balaban J connectivity index is 1.87. The predicted molar refractivity (Wildman–Crippen MR) is 88.5 cm³/mol. The third kappa shape index (κ3) is 3.27. The summed E-state index contributed by atoms with van der Waals surface area (Å²) in [4.78, 5) is 2.45. The molecule has 2 fully saturated rings. The van der Waals surface area contributed by atoms with Gasteiger partial charge in [0.1, 0.15) is 0 Å². The summed E-state index contributed by atoms with van der Waals surface area (Å²) in [5.41, 5.74) is 0.723. The molecular formula is C16H26N4O2S. The number of rotatable bonds is 4. The van der Waals surface area contributed by atoms with E-state index in [1.807, 2.05) is 0 Å². The zero-order valence-electron chi connectivity index (χ0n) is 14.1. The van der Waals surface area contributed by atoms with Crippen LogP contribution in [0.4, 0.5) is 0 Å². The second-order valence-electron chi connectivity index (χ2n) is 7.03. The van der Waals surface area contributed by atoms with Crippen LogP contribution in [0.15, 0.2) is 17.2 Å². The lowest BCUT2D eigenvalue weighted by Crippen LogP contribution is -2.40. The summed E-state index contributed by atoms with van der Waals surface area (Å²) in [6, 6.07) is 3.64. The molecule has 0 saturated carbocycles. The lowest BCUT2D eigenvalue weighted by molar-refractivity contribution is 0.250. The largest absolute Gasteiger partial charge is 0.299 e. The third-order valence-electron chi connectivity index (χ3n) is 5.05. The van der Waals surface area contributed by atoms with Crippen molar-refractivity contribution in [2.24, 2.45) is 5.92 Å². The van der Waals surface area contributed by atoms with E-state index in [1.54, 1.807) is 23.4 Å². The van der Waals surface area contributed by atoms with Crippen LogP contribution in [0.1, 0.15) is 38.8 Å². The summed E-state index contributed by atoms with van der Waals surface area (Å²) in [5.74, 6) is 0.288. The zero-order chi connectivity index (χ0) is 16.6. The number of sulfonamides is 1. The highest BCUT2D eigenvalue weighted by Crippen LogP contribution is 2.33. The highest BCUT2D eigenvalue weighted by atomic mass is 32.2. The van der Waals surface area contributed by atoms with Crippen LogP contribution in [0, 0.1) is 12.8 Å². The quantitative estimate of drug-likeness (QED) is 0.835. The highest BCUT2D eigenvalue weighted by Gasteiger charge is 2.44. The average Bonchev–Trinajstić information content (AvgIpc) is 3.17. The van der Waals surface area contributed by atoms with Crippen LogP contribution in [0.5, 0.6) is 0 Å². The molecule has 0 N–H and O–H groups in total. The Bertz CT molecular complexity index is 639. The molecule has 0 aromatic carbocycles. The van der Waals surface area contributed by atoms with Crippen molar-refractivity contribution in [1.29, 1.82) is 0 Å². The summed E-state index contributed by atoms with van der Waals surface area (Å²) < 4.78 is 27.7. The Morgan fingerprint density at radius 3 is 2.43 bits per heavy atom. The van der Waals surface area contributed by atoms with E-state index in [9.17, 15) is 8.42 Å². The number of hydrogen-bond donors (Lipinski definition) is 0. The Kier molecular flexibility index (Phi) is 4.71. The van der Waals surface area contributed by atoms with Gasteiger partial charge in [-0.25, -0.2) is 8.42 Å². The lowest BCUT2D eigenvalue weighted by Gasteiger charge is -2.26. The molecule has 128 valence electrons. The summed E-state index contributed by atoms with van der Waals surface area (Å²) >= 11 is 0. The zero-order valence-corrected chi connectivity index (χ0v) is 15.0. The molecule has 23 heavy (non-hydrogen) atoms. The number of hydrogen-bond acceptors (Lipinski definition) is 5. The first-order chi connectivity index (χ1) is 10.9. The molecule has 0 bridgehead atoms. The van der Waals surface area contributed by atoms with Crippen LogP contribution in [0.3, 0.4) is 0 Å². The predicted octanol–water partition coefficient (Wildman–Crippen LogP) is 1.67. The molecule has 0 radical (unpaired) electrons. The van der Waals surface area contributed by atoms with Crippen molar-refractivity contribution in [1.82, 2.24) is 19.4 Å². The summed E-state index contributed by atoms with van der Waals surface area (Å²) in [6.45, 7) is 8.75. The van der Waals surface area contributed by atoms with Gasteiger partial charge in [-0.15, -0.1) is 5.10 Å². The first-order valence-corrected chi connectivity index (χ1v) is 9.90. The normalized spacial score (nSPS) is 27.1. The van der Waals surface area contributed by atoms with E-state index >= 15 is 0 Å². The second-order valence-corrected chi connectivity index (χ2v) is 8.87. The topological polar surface area (TPSA) is 66.4 Å². The van der Waals surface area contributed by atoms with Gasteiger partial charge >= 0.3 is 0 Å². The van der Waals surface area contributed by atoms with Crippen LogP contribution in [0.2, 0.25) is 0 Å². The first kappa shape index (κ1) is 16.8. The van der Waals surface area contributed by atoms with E-state index in [0.29, 0.717) is 12.6 Å². The van der Waals surface area contributed by atoms with Crippen LogP contribution < -0.4 is 0 Å². The van der Waals surface area contributed by atoms with Crippen molar-refractivity contribution in [2.75, 3.05) is 19.6 Å². The maximum absolute atomic E-state index is 13.0. The Morgan fingerprint density at radius 1 is 1.17 bits per heavy atom. The van der Waals surface area contributed by atoms with Gasteiger partial charge in [-0.3, -0.25) is 4.90 Å². The average molecular weight is 338 g/mol. The maximum atomic E-state index is 13.0. The van der Waals surface area contributed by atoms with E-state index in [4.69, 9.17) is 0 Å². The van der Waals surface area contributed by atoms with Crippen molar-refractivity contribution in [3.63, 3.8) is 0 Å². The smallest absolute Gasteiger partial charge is 0.262 e. The van der Waals surface area contributed by atoms with E-state index in [-0.39, 0.29) is 17.0 Å². The number of likely N-dealkylation sites (tertiary alicyclic amines) is 1. The fourth-order valence-corrected chi connectivity index (χ4v) is 5.39. The van der Waals surface area contributed by atoms with Gasteiger partial charge in [-0.1, -0.05) is 13.8 Å². The minimum atomic E-state index is -3.58. The molecule has 2 aliphatic rings. The van der Waals surface area contributed by atoms with Gasteiger partial charge < -0.3 is 0 Å². The summed E-state index contributed by atoms with van der Waals surface area (Å²) in [5, 5.41) is 7.90. The fraction of sp³-hybridized carbons (Fsp3) is 0.750. The molecule has 2 unspecified atom stereocenters. The van der Waals surface area contributed by atoms with Gasteiger partial charge in [0.15, 0.2) is 5.03 Å². The van der Waals surface area contributed by atoms with Crippen LogP contribution in [-0.4, -0.2) is 59.5 Å². The third-order valence-corrected chi connectivity index (χ3v) is 6.83. The molecule has 7 heteroatoms. The van der Waals surface area contributed by atoms with Crippen molar-refractivity contribution in [2.45, 2.75) is 57.1 Å². The van der Waals surface area contributed by atoms with Gasteiger partial charge in [0.05, 0.1) is 5.69 Å². The van der Waals surface area contributed by atoms with Crippen LogP contribution in [0.25, 0.3) is 0 Å². The summed E-state index contributed by atoms with van der Waals surface area (Å²) in [6.07, 6.45) is 3.36. The van der Waals surface area contributed by atoms with E-state index in [0.717, 1.165) is 25.2 Å². The van der Waals surface area contributed by atoms with Gasteiger partial charge in [0.2, 0.25) is 0 Å². The fourth-order valence-electron chi connectivity index (χ4n) is 3.71. The molecule has 1 aromatic rings. The van der Waals surface area contributed by atoms with Crippen molar-refractivity contribution >= 4 is 10.0 Å². The standard InChI is InChI=1S/C16H26N4O2S/c1-12(2)15-10-14(19-8-4-5-9-19)11-20(15)23(21,22)16-7-6-13(3)17-18-16/h6-7,12,14-15H,4-5,8-11H2,1-3H3. The van der Waals surface area contributed by atoms with Crippen LogP contribution in [-0.2, 0) is 10.0 Å². The monoisotopic (exact) mass is 338 g/mol.